The van der Waals surface area contributed by atoms with Crippen LogP contribution in [0.4, 0.5) is 4.79 Å². The number of nitrogens with one attached hydrogen (secondary N) is 1. The van der Waals surface area contributed by atoms with E-state index < -0.39 is 18.1 Å². The van der Waals surface area contributed by atoms with Crippen molar-refractivity contribution in [3.63, 3.8) is 0 Å². The Morgan fingerprint density at radius 2 is 1.79 bits per heavy atom. The van der Waals surface area contributed by atoms with Gasteiger partial charge >= 0.3 is 12.1 Å². The number of aromatic nitrogens is 2. The lowest BCUT2D eigenvalue weighted by atomic mass is 9.98. The molecular weight excluding hydrogens is 438 g/mol. The van der Waals surface area contributed by atoms with E-state index in [2.05, 4.69) is 22.5 Å². The van der Waals surface area contributed by atoms with E-state index in [-0.39, 0.29) is 12.5 Å². The predicted octanol–water partition coefficient (Wildman–Crippen LogP) is 4.34. The second-order valence-corrected chi connectivity index (χ2v) is 9.21. The van der Waals surface area contributed by atoms with E-state index in [0.717, 1.165) is 39.4 Å². The van der Waals surface area contributed by atoms with Crippen molar-refractivity contribution in [3.05, 3.63) is 77.1 Å². The van der Waals surface area contributed by atoms with Crippen LogP contribution in [0, 0.1) is 6.92 Å². The van der Waals surface area contributed by atoms with Crippen LogP contribution in [0.15, 0.2) is 54.6 Å². The molecule has 0 spiro atoms. The Morgan fingerprint density at radius 1 is 1.15 bits per heavy atom. The molecule has 0 saturated carbocycles. The number of alkyl carbamates (subject to hydrolysis) is 1. The lowest BCUT2D eigenvalue weighted by Gasteiger charge is -2.17. The fourth-order valence-electron chi connectivity index (χ4n) is 4.22. The summed E-state index contributed by atoms with van der Waals surface area (Å²) in [5.74, 6) is 0.184. The molecular formula is C25H27N3O4S. The lowest BCUT2D eigenvalue weighted by molar-refractivity contribution is -0.139. The van der Waals surface area contributed by atoms with E-state index in [9.17, 15) is 14.7 Å². The third-order valence-electron chi connectivity index (χ3n) is 5.83. The number of hydrogen-bond acceptors (Lipinski definition) is 5. The SMILES string of the molecule is Cc1cc(CSCCC(NC(=O)OCC2c3ccccc3-c3ccccc32)C(=O)O)n(C)n1. The van der Waals surface area contributed by atoms with Crippen molar-refractivity contribution >= 4 is 23.8 Å². The standard InChI is InChI=1S/C25H27N3O4S/c1-16-13-17(28(2)27-16)15-33-12-11-23(24(29)30)26-25(31)32-14-22-20-9-5-3-7-18(20)19-8-4-6-10-21(19)22/h3-10,13,22-23H,11-12,14-15H2,1-2H3,(H,26,31)(H,29,30). The molecule has 1 aromatic heterocycles. The van der Waals surface area contributed by atoms with Crippen LogP contribution in [0.2, 0.25) is 0 Å². The van der Waals surface area contributed by atoms with Gasteiger partial charge in [-0.1, -0.05) is 48.5 Å². The molecule has 1 atom stereocenters. The monoisotopic (exact) mass is 465 g/mol. The summed E-state index contributed by atoms with van der Waals surface area (Å²) < 4.78 is 7.31. The van der Waals surface area contributed by atoms with Gasteiger partial charge in [-0.3, -0.25) is 4.68 Å². The van der Waals surface area contributed by atoms with Crippen LogP contribution in [0.5, 0.6) is 0 Å². The number of rotatable bonds is 9. The maximum absolute atomic E-state index is 12.4. The second kappa shape index (κ2) is 10.1. The zero-order valence-corrected chi connectivity index (χ0v) is 19.5. The molecule has 1 aliphatic rings. The van der Waals surface area contributed by atoms with E-state index in [0.29, 0.717) is 12.2 Å². The summed E-state index contributed by atoms with van der Waals surface area (Å²) in [5.41, 5.74) is 6.55. The largest absolute Gasteiger partial charge is 0.480 e. The molecule has 2 aromatic carbocycles. The number of aliphatic carboxylic acids is 1. The number of carbonyl (C=O) groups is 2. The van der Waals surface area contributed by atoms with Gasteiger partial charge in [-0.05, 0) is 47.4 Å². The molecule has 0 radical (unpaired) electrons. The summed E-state index contributed by atoms with van der Waals surface area (Å²) in [7, 11) is 1.89. The Balaban J connectivity index is 1.30. The fourth-order valence-corrected chi connectivity index (χ4v) is 5.24. The van der Waals surface area contributed by atoms with Crippen molar-refractivity contribution in [1.82, 2.24) is 15.1 Å². The highest BCUT2D eigenvalue weighted by molar-refractivity contribution is 7.98. The van der Waals surface area contributed by atoms with Gasteiger partial charge in [-0.25, -0.2) is 9.59 Å². The summed E-state index contributed by atoms with van der Waals surface area (Å²) in [6.07, 6.45) is -0.405. The third-order valence-corrected chi connectivity index (χ3v) is 6.86. The molecule has 0 aliphatic heterocycles. The highest BCUT2D eigenvalue weighted by Crippen LogP contribution is 2.44. The Labute approximate surface area is 197 Å². The molecule has 4 rings (SSSR count). The molecule has 2 N–H and O–H groups in total. The first-order valence-electron chi connectivity index (χ1n) is 10.9. The summed E-state index contributed by atoms with van der Waals surface area (Å²) in [5, 5.41) is 16.4. The number of hydrogen-bond donors (Lipinski definition) is 2. The fraction of sp³-hybridized carbons (Fsp3) is 0.320. The van der Waals surface area contributed by atoms with Crippen molar-refractivity contribution in [2.24, 2.45) is 7.05 Å². The van der Waals surface area contributed by atoms with Crippen LogP contribution in [0.1, 0.15) is 34.9 Å². The zero-order chi connectivity index (χ0) is 23.4. The number of nitrogens with zero attached hydrogens (tertiary/aromatic N) is 2. The van der Waals surface area contributed by atoms with Crippen molar-refractivity contribution in [2.75, 3.05) is 12.4 Å². The number of carbonyl (C=O) groups excluding carboxylic acids is 1. The van der Waals surface area contributed by atoms with Gasteiger partial charge in [0.05, 0.1) is 5.69 Å². The molecule has 1 heterocycles. The number of fused-ring (bicyclic) bond motifs is 3. The van der Waals surface area contributed by atoms with E-state index in [1.807, 2.05) is 61.1 Å². The zero-order valence-electron chi connectivity index (χ0n) is 18.7. The highest BCUT2D eigenvalue weighted by atomic mass is 32.2. The van der Waals surface area contributed by atoms with E-state index >= 15 is 0 Å². The second-order valence-electron chi connectivity index (χ2n) is 8.10. The lowest BCUT2D eigenvalue weighted by Crippen LogP contribution is -2.41. The van der Waals surface area contributed by atoms with Crippen molar-refractivity contribution in [1.29, 1.82) is 0 Å². The highest BCUT2D eigenvalue weighted by Gasteiger charge is 2.29. The van der Waals surface area contributed by atoms with E-state index in [4.69, 9.17) is 4.74 Å². The molecule has 33 heavy (non-hydrogen) atoms. The van der Waals surface area contributed by atoms with Crippen LogP contribution in [-0.2, 0) is 22.3 Å². The number of carboxylic acids is 1. The average Bonchev–Trinajstić information content (AvgIpc) is 3.30. The molecule has 0 saturated heterocycles. The van der Waals surface area contributed by atoms with Crippen molar-refractivity contribution < 1.29 is 19.4 Å². The molecule has 7 nitrogen and oxygen atoms in total. The van der Waals surface area contributed by atoms with Gasteiger partial charge in [0, 0.05) is 24.4 Å². The first-order valence-corrected chi connectivity index (χ1v) is 12.0. The van der Waals surface area contributed by atoms with Crippen LogP contribution in [-0.4, -0.2) is 45.4 Å². The first-order chi connectivity index (χ1) is 15.9. The van der Waals surface area contributed by atoms with Gasteiger partial charge in [0.15, 0.2) is 0 Å². The van der Waals surface area contributed by atoms with Gasteiger partial charge in [-0.2, -0.15) is 16.9 Å². The number of amides is 1. The van der Waals surface area contributed by atoms with Crippen LogP contribution < -0.4 is 5.32 Å². The Kier molecular flexibility index (Phi) is 7.03. The molecule has 172 valence electrons. The molecule has 0 bridgehead atoms. The van der Waals surface area contributed by atoms with Gasteiger partial charge in [0.1, 0.15) is 12.6 Å². The summed E-state index contributed by atoms with van der Waals surface area (Å²) in [6.45, 7) is 2.09. The van der Waals surface area contributed by atoms with Gasteiger partial charge < -0.3 is 15.2 Å². The number of benzene rings is 2. The van der Waals surface area contributed by atoms with Gasteiger partial charge in [0.2, 0.25) is 0 Å². The Morgan fingerprint density at radius 3 is 2.36 bits per heavy atom. The Bertz CT molecular complexity index is 1110. The minimum absolute atomic E-state index is 0.0654. The quantitative estimate of drug-likeness (QED) is 0.457. The summed E-state index contributed by atoms with van der Waals surface area (Å²) in [6, 6.07) is 17.2. The number of ether oxygens (including phenoxy) is 1. The van der Waals surface area contributed by atoms with Crippen LogP contribution in [0.25, 0.3) is 11.1 Å². The molecule has 3 aromatic rings. The number of carboxylic acid groups (broad SMARTS) is 1. The number of thioether (sulfide) groups is 1. The average molecular weight is 466 g/mol. The van der Waals surface area contributed by atoms with Crippen molar-refractivity contribution in [3.8, 4) is 11.1 Å². The maximum Gasteiger partial charge on any atom is 0.407 e. The topological polar surface area (TPSA) is 93.5 Å². The van der Waals surface area contributed by atoms with Gasteiger partial charge in [-0.15, -0.1) is 0 Å². The Hall–Kier alpha value is -3.26. The predicted molar refractivity (Wildman–Crippen MR) is 128 cm³/mol. The van der Waals surface area contributed by atoms with E-state index in [1.54, 1.807) is 11.8 Å². The molecule has 0 fully saturated rings. The minimum atomic E-state index is -1.07. The molecule has 1 unspecified atom stereocenters. The number of aryl methyl sites for hydroxylation is 2. The summed E-state index contributed by atoms with van der Waals surface area (Å²) in [4.78, 5) is 24.1. The minimum Gasteiger partial charge on any atom is -0.480 e. The van der Waals surface area contributed by atoms with Crippen LogP contribution >= 0.6 is 11.8 Å². The summed E-state index contributed by atoms with van der Waals surface area (Å²) >= 11 is 1.61. The molecule has 8 heteroatoms. The smallest absolute Gasteiger partial charge is 0.407 e. The normalized spacial score (nSPS) is 13.3. The molecule has 1 aliphatic carbocycles. The third kappa shape index (κ3) is 5.22. The van der Waals surface area contributed by atoms with Crippen LogP contribution in [0.3, 0.4) is 0 Å². The maximum atomic E-state index is 12.4. The molecule has 1 amide bonds. The first kappa shape index (κ1) is 22.9. The van der Waals surface area contributed by atoms with Crippen molar-refractivity contribution in [2.45, 2.75) is 31.1 Å². The van der Waals surface area contributed by atoms with E-state index in [1.165, 1.54) is 0 Å². The van der Waals surface area contributed by atoms with Gasteiger partial charge in [0.25, 0.3) is 0 Å².